The number of nitriles is 1. The van der Waals surface area contributed by atoms with E-state index in [9.17, 15) is 0 Å². The zero-order chi connectivity index (χ0) is 14.7. The molecule has 3 rings (SSSR count). The molecular weight excluding hydrogens is 278 g/mol. The first kappa shape index (κ1) is 13.5. The molecule has 0 bridgehead atoms. The molecule has 0 aliphatic rings. The van der Waals surface area contributed by atoms with Gasteiger partial charge in [0.25, 0.3) is 0 Å². The zero-order valence-corrected chi connectivity index (χ0v) is 12.4. The molecule has 0 atom stereocenters. The molecule has 0 aliphatic carbocycles. The van der Waals surface area contributed by atoms with Crippen LogP contribution in [0.25, 0.3) is 10.6 Å². The van der Waals surface area contributed by atoms with Crippen LogP contribution in [0.1, 0.15) is 21.7 Å². The molecular formula is C17H13N3S. The molecule has 21 heavy (non-hydrogen) atoms. The van der Waals surface area contributed by atoms with Crippen molar-refractivity contribution in [2.24, 2.45) is 0 Å². The second-order valence-electron chi connectivity index (χ2n) is 4.86. The molecule has 0 amide bonds. The van der Waals surface area contributed by atoms with E-state index in [-0.39, 0.29) is 0 Å². The van der Waals surface area contributed by atoms with Crippen LogP contribution in [0.3, 0.4) is 0 Å². The largest absolute Gasteiger partial charge is 0.192 e. The van der Waals surface area contributed by atoms with Crippen LogP contribution in [0.2, 0.25) is 0 Å². The maximum atomic E-state index is 8.81. The summed E-state index contributed by atoms with van der Waals surface area (Å²) in [6, 6.07) is 18.0. The van der Waals surface area contributed by atoms with E-state index in [1.165, 1.54) is 11.1 Å². The summed E-state index contributed by atoms with van der Waals surface area (Å²) in [5.41, 5.74) is 4.16. The minimum atomic E-state index is 0.656. The Morgan fingerprint density at radius 3 is 2.62 bits per heavy atom. The van der Waals surface area contributed by atoms with Crippen LogP contribution in [-0.2, 0) is 6.42 Å². The highest BCUT2D eigenvalue weighted by Crippen LogP contribution is 2.25. The lowest BCUT2D eigenvalue weighted by Gasteiger charge is -1.98. The first-order valence-corrected chi connectivity index (χ1v) is 7.45. The number of aryl methyl sites for hydroxylation is 1. The van der Waals surface area contributed by atoms with E-state index in [0.717, 1.165) is 22.0 Å². The topological polar surface area (TPSA) is 49.6 Å². The summed E-state index contributed by atoms with van der Waals surface area (Å²) in [6.07, 6.45) is 0.801. The quantitative estimate of drug-likeness (QED) is 0.733. The van der Waals surface area contributed by atoms with Crippen LogP contribution < -0.4 is 0 Å². The van der Waals surface area contributed by atoms with Crippen molar-refractivity contribution in [1.29, 1.82) is 5.26 Å². The molecule has 1 heterocycles. The van der Waals surface area contributed by atoms with Gasteiger partial charge in [-0.1, -0.05) is 53.3 Å². The van der Waals surface area contributed by atoms with Crippen LogP contribution in [0.15, 0.2) is 48.5 Å². The van der Waals surface area contributed by atoms with Gasteiger partial charge in [0.15, 0.2) is 0 Å². The van der Waals surface area contributed by atoms with Crippen LogP contribution in [0.5, 0.6) is 0 Å². The summed E-state index contributed by atoms with van der Waals surface area (Å²) in [6.45, 7) is 2.09. The molecule has 0 aliphatic heterocycles. The molecule has 0 N–H and O–H groups in total. The van der Waals surface area contributed by atoms with Gasteiger partial charge in [0.05, 0.1) is 11.6 Å². The number of nitrogens with zero attached hydrogens (tertiary/aromatic N) is 3. The van der Waals surface area contributed by atoms with E-state index >= 15 is 0 Å². The van der Waals surface area contributed by atoms with Crippen molar-refractivity contribution in [3.8, 4) is 16.6 Å². The highest BCUT2D eigenvalue weighted by molar-refractivity contribution is 7.14. The highest BCUT2D eigenvalue weighted by Gasteiger charge is 2.07. The van der Waals surface area contributed by atoms with Gasteiger partial charge in [0.1, 0.15) is 10.0 Å². The molecule has 0 spiro atoms. The highest BCUT2D eigenvalue weighted by atomic mass is 32.1. The number of hydrogen-bond donors (Lipinski definition) is 0. The second kappa shape index (κ2) is 5.86. The number of benzene rings is 2. The lowest BCUT2D eigenvalue weighted by Crippen LogP contribution is -1.87. The maximum absolute atomic E-state index is 8.81. The van der Waals surface area contributed by atoms with Crippen molar-refractivity contribution in [3.63, 3.8) is 0 Å². The zero-order valence-electron chi connectivity index (χ0n) is 11.6. The van der Waals surface area contributed by atoms with Gasteiger partial charge < -0.3 is 0 Å². The fourth-order valence-electron chi connectivity index (χ4n) is 2.13. The van der Waals surface area contributed by atoms with Crippen LogP contribution in [0, 0.1) is 18.3 Å². The maximum Gasteiger partial charge on any atom is 0.147 e. The van der Waals surface area contributed by atoms with Crippen molar-refractivity contribution in [2.75, 3.05) is 0 Å². The average Bonchev–Trinajstić information content (AvgIpc) is 2.96. The SMILES string of the molecule is Cc1cccc(Cc2nnc(-c3ccc(C#N)cc3)s2)c1. The molecule has 3 nitrogen and oxygen atoms in total. The van der Waals surface area contributed by atoms with E-state index in [2.05, 4.69) is 47.5 Å². The van der Waals surface area contributed by atoms with Crippen LogP contribution in [-0.4, -0.2) is 10.2 Å². The van der Waals surface area contributed by atoms with Crippen LogP contribution in [0.4, 0.5) is 0 Å². The molecule has 0 unspecified atom stereocenters. The summed E-state index contributed by atoms with van der Waals surface area (Å²) in [5, 5.41) is 19.2. The molecule has 102 valence electrons. The molecule has 1 aromatic heterocycles. The summed E-state index contributed by atoms with van der Waals surface area (Å²) < 4.78 is 0. The molecule has 0 fully saturated rings. The number of aromatic nitrogens is 2. The third-order valence-electron chi connectivity index (χ3n) is 3.17. The molecule has 0 saturated carbocycles. The standard InChI is InChI=1S/C17H13N3S/c1-12-3-2-4-14(9-12)10-16-19-20-17(21-16)15-7-5-13(11-18)6-8-15/h2-9H,10H2,1H3. The molecule has 3 aromatic rings. The van der Waals surface area contributed by atoms with E-state index in [1.807, 2.05) is 12.1 Å². The van der Waals surface area contributed by atoms with Crippen molar-refractivity contribution < 1.29 is 0 Å². The van der Waals surface area contributed by atoms with E-state index < -0.39 is 0 Å². The Morgan fingerprint density at radius 1 is 1.10 bits per heavy atom. The fraction of sp³-hybridized carbons (Fsp3) is 0.118. The minimum Gasteiger partial charge on any atom is -0.192 e. The van der Waals surface area contributed by atoms with Crippen molar-refractivity contribution in [3.05, 3.63) is 70.2 Å². The Morgan fingerprint density at radius 2 is 1.90 bits per heavy atom. The molecule has 4 heteroatoms. The summed E-state index contributed by atoms with van der Waals surface area (Å²) >= 11 is 1.59. The molecule has 2 aromatic carbocycles. The van der Waals surface area contributed by atoms with Crippen molar-refractivity contribution >= 4 is 11.3 Å². The van der Waals surface area contributed by atoms with E-state index in [4.69, 9.17) is 5.26 Å². The van der Waals surface area contributed by atoms with Crippen molar-refractivity contribution in [2.45, 2.75) is 13.3 Å². The van der Waals surface area contributed by atoms with Gasteiger partial charge in [-0.2, -0.15) is 5.26 Å². The van der Waals surface area contributed by atoms with E-state index in [0.29, 0.717) is 5.56 Å². The van der Waals surface area contributed by atoms with Gasteiger partial charge in [-0.05, 0) is 24.6 Å². The Labute approximate surface area is 127 Å². The predicted molar refractivity (Wildman–Crippen MR) is 84.0 cm³/mol. The lowest BCUT2D eigenvalue weighted by molar-refractivity contribution is 1.01. The van der Waals surface area contributed by atoms with Gasteiger partial charge in [0.2, 0.25) is 0 Å². The van der Waals surface area contributed by atoms with Gasteiger partial charge in [-0.15, -0.1) is 10.2 Å². The third-order valence-corrected chi connectivity index (χ3v) is 4.14. The monoisotopic (exact) mass is 291 g/mol. The molecule has 0 radical (unpaired) electrons. The van der Waals surface area contributed by atoms with Gasteiger partial charge in [-0.3, -0.25) is 0 Å². The van der Waals surface area contributed by atoms with Crippen molar-refractivity contribution in [1.82, 2.24) is 10.2 Å². The van der Waals surface area contributed by atoms with Gasteiger partial charge in [-0.25, -0.2) is 0 Å². The summed E-state index contributed by atoms with van der Waals surface area (Å²) in [5.74, 6) is 0. The summed E-state index contributed by atoms with van der Waals surface area (Å²) in [4.78, 5) is 0. The first-order chi connectivity index (χ1) is 10.2. The number of hydrogen-bond acceptors (Lipinski definition) is 4. The lowest BCUT2D eigenvalue weighted by atomic mass is 10.1. The Balaban J connectivity index is 1.81. The molecule has 0 saturated heterocycles. The summed E-state index contributed by atoms with van der Waals surface area (Å²) in [7, 11) is 0. The third kappa shape index (κ3) is 3.15. The fourth-order valence-corrected chi connectivity index (χ4v) is 3.01. The normalized spacial score (nSPS) is 10.3. The Bertz CT molecular complexity index is 797. The first-order valence-electron chi connectivity index (χ1n) is 6.63. The second-order valence-corrected chi connectivity index (χ2v) is 5.92. The van der Waals surface area contributed by atoms with Crippen LogP contribution >= 0.6 is 11.3 Å². The Hall–Kier alpha value is -2.51. The van der Waals surface area contributed by atoms with Gasteiger partial charge >= 0.3 is 0 Å². The minimum absolute atomic E-state index is 0.656. The Kier molecular flexibility index (Phi) is 3.76. The predicted octanol–water partition coefficient (Wildman–Crippen LogP) is 3.98. The average molecular weight is 291 g/mol. The smallest absolute Gasteiger partial charge is 0.147 e. The van der Waals surface area contributed by atoms with E-state index in [1.54, 1.807) is 23.5 Å². The number of rotatable bonds is 3. The van der Waals surface area contributed by atoms with Gasteiger partial charge in [0, 0.05) is 12.0 Å².